The Bertz CT molecular complexity index is 1130. The Morgan fingerprint density at radius 2 is 1.93 bits per heavy atom. The molecule has 0 atom stereocenters. The molecule has 2 aromatic carbocycles. The van der Waals surface area contributed by atoms with Crippen LogP contribution in [0.1, 0.15) is 11.1 Å². The lowest BCUT2D eigenvalue weighted by Crippen LogP contribution is -2.18. The number of alkyl halides is 3. The molecule has 1 N–H and O–H groups in total. The summed E-state index contributed by atoms with van der Waals surface area (Å²) in [6.07, 6.45) is -4.59. The number of hydrogen-bond donors (Lipinski definition) is 1. The normalized spacial score (nSPS) is 12.2. The molecule has 0 aliphatic heterocycles. The fourth-order valence-corrected chi connectivity index (χ4v) is 3.49. The van der Waals surface area contributed by atoms with E-state index in [-0.39, 0.29) is 17.1 Å². The number of benzene rings is 2. The summed E-state index contributed by atoms with van der Waals surface area (Å²) in [5.41, 5.74) is 1.60. The van der Waals surface area contributed by atoms with Crippen LogP contribution in [0.3, 0.4) is 0 Å². The van der Waals surface area contributed by atoms with E-state index in [1.54, 1.807) is 19.2 Å². The summed E-state index contributed by atoms with van der Waals surface area (Å²) < 4.78 is 69.3. The van der Waals surface area contributed by atoms with Crippen LogP contribution in [0.15, 0.2) is 47.4 Å². The third-order valence-electron chi connectivity index (χ3n) is 4.05. The SMILES string of the molecule is CNS(=O)(=O)c1ccc(Cc2cccc(OC(F)(F)F)c2)c(-c2nnnn2C)c1. The molecule has 0 spiro atoms. The van der Waals surface area contributed by atoms with Crippen molar-refractivity contribution in [1.29, 1.82) is 0 Å². The third kappa shape index (κ3) is 4.90. The molecule has 0 amide bonds. The summed E-state index contributed by atoms with van der Waals surface area (Å²) >= 11 is 0. The molecule has 0 unspecified atom stereocenters. The van der Waals surface area contributed by atoms with E-state index in [2.05, 4.69) is 25.0 Å². The number of nitrogens with one attached hydrogen (secondary N) is 1. The lowest BCUT2D eigenvalue weighted by atomic mass is 9.99. The van der Waals surface area contributed by atoms with Crippen LogP contribution < -0.4 is 9.46 Å². The van der Waals surface area contributed by atoms with Crippen molar-refractivity contribution in [2.45, 2.75) is 17.7 Å². The monoisotopic (exact) mass is 427 g/mol. The summed E-state index contributed by atoms with van der Waals surface area (Å²) in [5, 5.41) is 11.2. The van der Waals surface area contributed by atoms with Gasteiger partial charge in [0.2, 0.25) is 10.0 Å². The van der Waals surface area contributed by atoms with Crippen molar-refractivity contribution >= 4 is 10.0 Å². The number of halogens is 3. The molecule has 29 heavy (non-hydrogen) atoms. The van der Waals surface area contributed by atoms with Crippen molar-refractivity contribution in [1.82, 2.24) is 24.9 Å². The Morgan fingerprint density at radius 3 is 2.55 bits per heavy atom. The zero-order valence-corrected chi connectivity index (χ0v) is 16.1. The minimum atomic E-state index is -4.79. The van der Waals surface area contributed by atoms with Gasteiger partial charge in [0.25, 0.3) is 0 Å². The summed E-state index contributed by atoms with van der Waals surface area (Å²) in [7, 11) is -0.830. The molecule has 154 valence electrons. The number of ether oxygens (including phenoxy) is 1. The van der Waals surface area contributed by atoms with E-state index in [1.807, 2.05) is 0 Å². The standard InChI is InChI=1S/C17H16F3N5O3S/c1-21-29(26,27)14-7-6-12(15(10-14)16-22-23-24-25(16)2)8-11-4-3-5-13(9-11)28-17(18,19)20/h3-7,9-10,21H,8H2,1-2H3. The highest BCUT2D eigenvalue weighted by Gasteiger charge is 2.31. The minimum absolute atomic E-state index is 0.0101. The maximum atomic E-state index is 12.5. The molecule has 3 aromatic rings. The van der Waals surface area contributed by atoms with Gasteiger partial charge in [-0.1, -0.05) is 18.2 Å². The largest absolute Gasteiger partial charge is 0.573 e. The van der Waals surface area contributed by atoms with Crippen molar-refractivity contribution < 1.29 is 26.3 Å². The highest BCUT2D eigenvalue weighted by molar-refractivity contribution is 7.89. The number of tetrazole rings is 1. The number of rotatable bonds is 6. The van der Waals surface area contributed by atoms with Gasteiger partial charge >= 0.3 is 6.36 Å². The topological polar surface area (TPSA) is 99.0 Å². The van der Waals surface area contributed by atoms with Crippen LogP contribution in [-0.2, 0) is 23.5 Å². The molecular weight excluding hydrogens is 411 g/mol. The van der Waals surface area contributed by atoms with E-state index in [9.17, 15) is 21.6 Å². The van der Waals surface area contributed by atoms with E-state index in [4.69, 9.17) is 0 Å². The second-order valence-electron chi connectivity index (χ2n) is 6.02. The predicted octanol–water partition coefficient (Wildman–Crippen LogP) is 2.27. The second-order valence-corrected chi connectivity index (χ2v) is 7.91. The number of aromatic nitrogens is 4. The molecule has 3 rings (SSSR count). The predicted molar refractivity (Wildman–Crippen MR) is 96.4 cm³/mol. The molecule has 0 bridgehead atoms. The molecular formula is C17H16F3N5O3S. The van der Waals surface area contributed by atoms with Gasteiger partial charge in [-0.05, 0) is 59.3 Å². The third-order valence-corrected chi connectivity index (χ3v) is 5.46. The molecule has 1 aromatic heterocycles. The molecule has 0 fully saturated rings. The summed E-state index contributed by atoms with van der Waals surface area (Å²) in [4.78, 5) is 0.0101. The molecule has 0 aliphatic carbocycles. The van der Waals surface area contributed by atoms with Crippen molar-refractivity contribution in [3.8, 4) is 17.1 Å². The van der Waals surface area contributed by atoms with Crippen LogP contribution in [0, 0.1) is 0 Å². The first-order valence-electron chi connectivity index (χ1n) is 8.23. The van der Waals surface area contributed by atoms with Crippen molar-refractivity contribution in [2.24, 2.45) is 7.05 Å². The molecule has 0 saturated heterocycles. The highest BCUT2D eigenvalue weighted by Crippen LogP contribution is 2.29. The number of nitrogens with zero attached hydrogens (tertiary/aromatic N) is 4. The smallest absolute Gasteiger partial charge is 0.406 e. The van der Waals surface area contributed by atoms with Gasteiger partial charge in [0.05, 0.1) is 4.90 Å². The summed E-state index contributed by atoms with van der Waals surface area (Å²) in [5.74, 6) is -0.0258. The molecule has 0 saturated carbocycles. The molecule has 12 heteroatoms. The Morgan fingerprint density at radius 1 is 1.17 bits per heavy atom. The minimum Gasteiger partial charge on any atom is -0.406 e. The maximum Gasteiger partial charge on any atom is 0.573 e. The number of aryl methyl sites for hydroxylation is 1. The van der Waals surface area contributed by atoms with Gasteiger partial charge in [-0.25, -0.2) is 17.8 Å². The van der Waals surface area contributed by atoms with Crippen molar-refractivity contribution in [2.75, 3.05) is 7.05 Å². The van der Waals surface area contributed by atoms with Gasteiger partial charge in [0.15, 0.2) is 5.82 Å². The molecule has 1 heterocycles. The zero-order valence-electron chi connectivity index (χ0n) is 15.3. The van der Waals surface area contributed by atoms with Gasteiger partial charge in [-0.2, -0.15) is 0 Å². The van der Waals surface area contributed by atoms with Gasteiger partial charge < -0.3 is 4.74 Å². The number of hydrogen-bond acceptors (Lipinski definition) is 6. The van der Waals surface area contributed by atoms with Crippen LogP contribution in [0.4, 0.5) is 13.2 Å². The number of sulfonamides is 1. The maximum absolute atomic E-state index is 12.5. The van der Waals surface area contributed by atoms with Gasteiger partial charge in [0.1, 0.15) is 5.75 Å². The lowest BCUT2D eigenvalue weighted by Gasteiger charge is -2.13. The van der Waals surface area contributed by atoms with Crippen molar-refractivity contribution in [3.05, 3.63) is 53.6 Å². The fourth-order valence-electron chi connectivity index (χ4n) is 2.73. The van der Waals surface area contributed by atoms with Crippen molar-refractivity contribution in [3.63, 3.8) is 0 Å². The Kier molecular flexibility index (Phi) is 5.57. The Labute approximate surface area is 164 Å². The van der Waals surface area contributed by atoms with Crippen LogP contribution in [0.25, 0.3) is 11.4 Å². The zero-order chi connectivity index (χ0) is 21.2. The summed E-state index contributed by atoms with van der Waals surface area (Å²) in [6.45, 7) is 0. The Hall–Kier alpha value is -2.99. The average Bonchev–Trinajstić information content (AvgIpc) is 3.06. The van der Waals surface area contributed by atoms with E-state index in [0.717, 1.165) is 0 Å². The first kappa shape index (κ1) is 20.7. The molecule has 0 radical (unpaired) electrons. The van der Waals surface area contributed by atoms with Crippen LogP contribution in [-0.4, -0.2) is 42.0 Å². The highest BCUT2D eigenvalue weighted by atomic mass is 32.2. The second kappa shape index (κ2) is 7.79. The fraction of sp³-hybridized carbons (Fsp3) is 0.235. The molecule has 8 nitrogen and oxygen atoms in total. The van der Waals surface area contributed by atoms with E-state index < -0.39 is 16.4 Å². The summed E-state index contributed by atoms with van der Waals surface area (Å²) in [6, 6.07) is 9.95. The van der Waals surface area contributed by atoms with Gasteiger partial charge in [0, 0.05) is 12.6 Å². The van der Waals surface area contributed by atoms with Gasteiger partial charge in [-0.15, -0.1) is 18.3 Å². The van der Waals surface area contributed by atoms with Crippen LogP contribution in [0.2, 0.25) is 0 Å². The molecule has 0 aliphatic rings. The van der Waals surface area contributed by atoms with Crippen LogP contribution in [0.5, 0.6) is 5.75 Å². The first-order chi connectivity index (χ1) is 13.6. The van der Waals surface area contributed by atoms with Crippen LogP contribution >= 0.6 is 0 Å². The van der Waals surface area contributed by atoms with Gasteiger partial charge in [-0.3, -0.25) is 0 Å². The Balaban J connectivity index is 2.04. The lowest BCUT2D eigenvalue weighted by molar-refractivity contribution is -0.274. The quantitative estimate of drug-likeness (QED) is 0.648. The van der Waals surface area contributed by atoms with E-state index in [0.29, 0.717) is 22.5 Å². The van der Waals surface area contributed by atoms with E-state index >= 15 is 0 Å². The first-order valence-corrected chi connectivity index (χ1v) is 9.71. The van der Waals surface area contributed by atoms with E-state index in [1.165, 1.54) is 42.1 Å². The average molecular weight is 427 g/mol.